The van der Waals surface area contributed by atoms with Gasteiger partial charge in [-0.25, -0.2) is 0 Å². The number of nitrogens with two attached hydrogens (primary N) is 1. The Morgan fingerprint density at radius 2 is 2.06 bits per heavy atom. The Kier molecular flexibility index (Phi) is 3.64. The number of ether oxygens (including phenoxy) is 1. The van der Waals surface area contributed by atoms with Gasteiger partial charge >= 0.3 is 0 Å². The van der Waals surface area contributed by atoms with Gasteiger partial charge in [-0.1, -0.05) is 19.9 Å². The molecule has 0 spiro atoms. The molecule has 100 valence electrons. The van der Waals surface area contributed by atoms with Gasteiger partial charge in [-0.15, -0.1) is 0 Å². The molecule has 0 radical (unpaired) electrons. The summed E-state index contributed by atoms with van der Waals surface area (Å²) in [6.07, 6.45) is 2.80. The fraction of sp³-hybridized carbons (Fsp3) is 0.600. The van der Waals surface area contributed by atoms with Crippen LogP contribution >= 0.6 is 0 Å². The van der Waals surface area contributed by atoms with E-state index in [1.165, 1.54) is 11.1 Å². The standard InChI is InChI=1S/C15H23NO2/c1-4-15(5-2)12-9-11(17)7-6-10(12)8-13(18-3)14(15)16/h6-7,9,13-14,17H,4-5,8,16H2,1-3H3/t13-,14+/m1/s1. The molecule has 0 heterocycles. The summed E-state index contributed by atoms with van der Waals surface area (Å²) in [4.78, 5) is 0. The van der Waals surface area contributed by atoms with E-state index in [9.17, 15) is 5.11 Å². The average molecular weight is 249 g/mol. The summed E-state index contributed by atoms with van der Waals surface area (Å²) in [5, 5.41) is 9.75. The number of rotatable bonds is 3. The van der Waals surface area contributed by atoms with Gasteiger partial charge in [-0.05, 0) is 36.1 Å². The van der Waals surface area contributed by atoms with E-state index in [-0.39, 0.29) is 17.6 Å². The molecule has 1 aromatic carbocycles. The van der Waals surface area contributed by atoms with Crippen LogP contribution in [0, 0.1) is 0 Å². The van der Waals surface area contributed by atoms with E-state index in [0.717, 1.165) is 19.3 Å². The molecule has 0 bridgehead atoms. The number of phenolic OH excluding ortho intramolecular Hbond substituents is 1. The lowest BCUT2D eigenvalue weighted by Gasteiger charge is -2.46. The van der Waals surface area contributed by atoms with Gasteiger partial charge in [-0.3, -0.25) is 0 Å². The van der Waals surface area contributed by atoms with Crippen molar-refractivity contribution in [3.8, 4) is 5.75 Å². The fourth-order valence-corrected chi connectivity index (χ4v) is 3.42. The van der Waals surface area contributed by atoms with Gasteiger partial charge in [0.2, 0.25) is 0 Å². The Bertz CT molecular complexity index is 427. The number of hydrogen-bond acceptors (Lipinski definition) is 3. The molecule has 2 atom stereocenters. The van der Waals surface area contributed by atoms with E-state index >= 15 is 0 Å². The van der Waals surface area contributed by atoms with Crippen molar-refractivity contribution in [3.63, 3.8) is 0 Å². The quantitative estimate of drug-likeness (QED) is 0.864. The van der Waals surface area contributed by atoms with Gasteiger partial charge in [0.05, 0.1) is 6.10 Å². The molecule has 0 amide bonds. The lowest BCUT2D eigenvalue weighted by Crippen LogP contribution is -2.56. The van der Waals surface area contributed by atoms with Crippen molar-refractivity contribution in [1.29, 1.82) is 0 Å². The van der Waals surface area contributed by atoms with E-state index in [1.807, 2.05) is 12.1 Å². The zero-order chi connectivity index (χ0) is 13.3. The summed E-state index contributed by atoms with van der Waals surface area (Å²) in [6.45, 7) is 4.32. The summed E-state index contributed by atoms with van der Waals surface area (Å²) >= 11 is 0. The Balaban J connectivity index is 2.59. The summed E-state index contributed by atoms with van der Waals surface area (Å²) < 4.78 is 5.56. The molecule has 0 fully saturated rings. The fourth-order valence-electron chi connectivity index (χ4n) is 3.42. The van der Waals surface area contributed by atoms with Crippen molar-refractivity contribution in [2.45, 2.75) is 50.7 Å². The third-order valence-corrected chi connectivity index (χ3v) is 4.65. The van der Waals surface area contributed by atoms with Crippen LogP contribution in [0.4, 0.5) is 0 Å². The maximum Gasteiger partial charge on any atom is 0.115 e. The summed E-state index contributed by atoms with van der Waals surface area (Å²) in [5.41, 5.74) is 8.81. The van der Waals surface area contributed by atoms with E-state index in [2.05, 4.69) is 13.8 Å². The van der Waals surface area contributed by atoms with Crippen LogP contribution in [-0.2, 0) is 16.6 Å². The smallest absolute Gasteiger partial charge is 0.115 e. The molecule has 0 saturated heterocycles. The van der Waals surface area contributed by atoms with Gasteiger partial charge < -0.3 is 15.6 Å². The molecular formula is C15H23NO2. The van der Waals surface area contributed by atoms with Gasteiger partial charge in [0.15, 0.2) is 0 Å². The number of fused-ring (bicyclic) bond motifs is 1. The van der Waals surface area contributed by atoms with Crippen LogP contribution < -0.4 is 5.73 Å². The highest BCUT2D eigenvalue weighted by molar-refractivity contribution is 5.44. The van der Waals surface area contributed by atoms with Gasteiger partial charge in [0.1, 0.15) is 5.75 Å². The molecule has 1 aliphatic carbocycles. The minimum absolute atomic E-state index is 0.0215. The van der Waals surface area contributed by atoms with Crippen molar-refractivity contribution >= 4 is 0 Å². The van der Waals surface area contributed by atoms with Crippen molar-refractivity contribution in [3.05, 3.63) is 29.3 Å². The maximum atomic E-state index is 9.75. The topological polar surface area (TPSA) is 55.5 Å². The van der Waals surface area contributed by atoms with E-state index in [4.69, 9.17) is 10.5 Å². The lowest BCUT2D eigenvalue weighted by atomic mass is 9.63. The highest BCUT2D eigenvalue weighted by Crippen LogP contribution is 2.43. The molecule has 2 rings (SSSR count). The molecule has 0 saturated carbocycles. The van der Waals surface area contributed by atoms with Crippen LogP contribution in [0.5, 0.6) is 5.75 Å². The van der Waals surface area contributed by atoms with Gasteiger partial charge in [0.25, 0.3) is 0 Å². The van der Waals surface area contributed by atoms with Gasteiger partial charge in [-0.2, -0.15) is 0 Å². The summed E-state index contributed by atoms with van der Waals surface area (Å²) in [7, 11) is 1.73. The monoisotopic (exact) mass is 249 g/mol. The largest absolute Gasteiger partial charge is 0.508 e. The van der Waals surface area contributed by atoms with Crippen LogP contribution in [0.3, 0.4) is 0 Å². The zero-order valence-corrected chi connectivity index (χ0v) is 11.4. The number of aromatic hydroxyl groups is 1. The Morgan fingerprint density at radius 3 is 2.61 bits per heavy atom. The summed E-state index contributed by atoms with van der Waals surface area (Å²) in [5.74, 6) is 0.322. The molecule has 1 aromatic rings. The molecule has 0 unspecified atom stereocenters. The van der Waals surface area contributed by atoms with Crippen LogP contribution in [0.15, 0.2) is 18.2 Å². The summed E-state index contributed by atoms with van der Waals surface area (Å²) in [6, 6.07) is 5.61. The van der Waals surface area contributed by atoms with Crippen LogP contribution in [0.2, 0.25) is 0 Å². The first-order chi connectivity index (χ1) is 8.58. The molecule has 3 nitrogen and oxygen atoms in total. The molecule has 1 aliphatic rings. The Hall–Kier alpha value is -1.06. The third kappa shape index (κ3) is 1.82. The number of benzene rings is 1. The minimum Gasteiger partial charge on any atom is -0.508 e. The molecule has 3 heteroatoms. The Labute approximate surface area is 109 Å². The van der Waals surface area contributed by atoms with Crippen LogP contribution in [-0.4, -0.2) is 24.4 Å². The van der Waals surface area contributed by atoms with Crippen LogP contribution in [0.25, 0.3) is 0 Å². The minimum atomic E-state index is -0.0903. The van der Waals surface area contributed by atoms with E-state index in [0.29, 0.717) is 5.75 Å². The SMILES string of the molecule is CCC1(CC)c2cc(O)ccc2C[C@@H](OC)[C@@H]1N. The first-order valence-corrected chi connectivity index (χ1v) is 6.69. The zero-order valence-electron chi connectivity index (χ0n) is 11.4. The highest BCUT2D eigenvalue weighted by Gasteiger charge is 2.44. The van der Waals surface area contributed by atoms with Crippen molar-refractivity contribution in [1.82, 2.24) is 0 Å². The third-order valence-electron chi connectivity index (χ3n) is 4.65. The molecule has 18 heavy (non-hydrogen) atoms. The Morgan fingerprint density at radius 1 is 1.39 bits per heavy atom. The molecule has 3 N–H and O–H groups in total. The molecular weight excluding hydrogens is 226 g/mol. The normalized spacial score (nSPS) is 25.8. The second-order valence-corrected chi connectivity index (χ2v) is 5.21. The molecule has 0 aliphatic heterocycles. The number of methoxy groups -OCH3 is 1. The number of hydrogen-bond donors (Lipinski definition) is 2. The number of phenols is 1. The predicted molar refractivity (Wildman–Crippen MR) is 72.8 cm³/mol. The van der Waals surface area contributed by atoms with Crippen molar-refractivity contribution in [2.24, 2.45) is 5.73 Å². The average Bonchev–Trinajstić information content (AvgIpc) is 2.39. The van der Waals surface area contributed by atoms with Gasteiger partial charge in [0, 0.05) is 25.0 Å². The van der Waals surface area contributed by atoms with Crippen molar-refractivity contribution in [2.75, 3.05) is 7.11 Å². The maximum absolute atomic E-state index is 9.75. The second kappa shape index (κ2) is 4.90. The van der Waals surface area contributed by atoms with E-state index in [1.54, 1.807) is 13.2 Å². The van der Waals surface area contributed by atoms with Crippen LogP contribution in [0.1, 0.15) is 37.8 Å². The van der Waals surface area contributed by atoms with E-state index < -0.39 is 0 Å². The second-order valence-electron chi connectivity index (χ2n) is 5.21. The lowest BCUT2D eigenvalue weighted by molar-refractivity contribution is 0.0399. The first kappa shape index (κ1) is 13.4. The highest BCUT2D eigenvalue weighted by atomic mass is 16.5. The molecule has 0 aromatic heterocycles. The first-order valence-electron chi connectivity index (χ1n) is 6.69. The predicted octanol–water partition coefficient (Wildman–Crippen LogP) is 2.35. The van der Waals surface area contributed by atoms with Crippen molar-refractivity contribution < 1.29 is 9.84 Å².